The molecule has 1 rings (SSSR count). The third kappa shape index (κ3) is 4.26. The topological polar surface area (TPSA) is 105 Å². The normalized spacial score (nSPS) is 11.2. The lowest BCUT2D eigenvalue weighted by molar-refractivity contribution is -0.178. The lowest BCUT2D eigenvalue weighted by atomic mass is 9.95. The maximum atomic E-state index is 11.2. The van der Waals surface area contributed by atoms with Gasteiger partial charge < -0.3 is 20.9 Å². The fourth-order valence-electron chi connectivity index (χ4n) is 1.96. The second-order valence-corrected chi connectivity index (χ2v) is 5.84. The average molecular weight is 392 g/mol. The quantitative estimate of drug-likeness (QED) is 0.594. The third-order valence-corrected chi connectivity index (χ3v) is 3.43. The van der Waals surface area contributed by atoms with Gasteiger partial charge in [-0.15, -0.1) is 0 Å². The van der Waals surface area contributed by atoms with E-state index in [-0.39, 0.29) is 12.3 Å². The molecule has 0 atom stereocenters. The van der Waals surface area contributed by atoms with Gasteiger partial charge in [0.05, 0.1) is 0 Å². The van der Waals surface area contributed by atoms with Crippen molar-refractivity contribution in [3.8, 4) is 0 Å². The highest BCUT2D eigenvalue weighted by Gasteiger charge is 2.42. The molecule has 0 aliphatic heterocycles. The predicted molar refractivity (Wildman–Crippen MR) is 81.6 cm³/mol. The Labute approximate surface area is 130 Å². The number of halogens is 1. The first-order valence-electron chi connectivity index (χ1n) is 5.98. The molecule has 0 heterocycles. The van der Waals surface area contributed by atoms with Crippen LogP contribution < -0.4 is 11.5 Å². The van der Waals surface area contributed by atoms with Crippen molar-refractivity contribution >= 4 is 34.8 Å². The van der Waals surface area contributed by atoms with Gasteiger partial charge in [-0.2, -0.15) is 0 Å². The maximum absolute atomic E-state index is 11.2. The van der Waals surface area contributed by atoms with Gasteiger partial charge in [-0.25, -0.2) is 9.59 Å². The molecule has 0 aromatic heterocycles. The second kappa shape index (κ2) is 6.78. The molecular weight excluding hydrogens is 375 g/mol. The van der Waals surface area contributed by atoms with Gasteiger partial charge in [-0.05, 0) is 34.6 Å². The van der Waals surface area contributed by atoms with E-state index >= 15 is 0 Å². The highest BCUT2D eigenvalue weighted by atomic mass is 127. The molecule has 0 saturated carbocycles. The van der Waals surface area contributed by atoms with Gasteiger partial charge >= 0.3 is 12.2 Å². The molecule has 6 nitrogen and oxygen atoms in total. The average Bonchev–Trinajstić information content (AvgIpc) is 2.26. The Hall–Kier alpha value is -1.51. The minimum absolute atomic E-state index is 0.0738. The molecule has 0 aliphatic carbocycles. The summed E-state index contributed by atoms with van der Waals surface area (Å²) in [5, 5.41) is 0. The Balaban J connectivity index is 3.38. The van der Waals surface area contributed by atoms with Crippen LogP contribution in [-0.2, 0) is 15.3 Å². The van der Waals surface area contributed by atoms with Crippen LogP contribution in [0.1, 0.15) is 25.8 Å². The van der Waals surface area contributed by atoms with E-state index in [4.69, 9.17) is 20.9 Å². The molecule has 20 heavy (non-hydrogen) atoms. The van der Waals surface area contributed by atoms with Crippen molar-refractivity contribution in [1.29, 1.82) is 0 Å². The molecule has 7 heteroatoms. The van der Waals surface area contributed by atoms with Crippen LogP contribution in [0.3, 0.4) is 0 Å². The first-order valence-corrected chi connectivity index (χ1v) is 7.06. The number of ether oxygens (including phenoxy) is 2. The molecule has 0 bridgehead atoms. The summed E-state index contributed by atoms with van der Waals surface area (Å²) >= 11 is 2.06. The molecule has 2 amide bonds. The lowest BCUT2D eigenvalue weighted by Crippen LogP contribution is -2.42. The zero-order valence-corrected chi connectivity index (χ0v) is 13.4. The summed E-state index contributed by atoms with van der Waals surface area (Å²) in [6.45, 7) is 3.80. The summed E-state index contributed by atoms with van der Waals surface area (Å²) in [5.41, 5.74) is 10.8. The van der Waals surface area contributed by atoms with Crippen molar-refractivity contribution < 1.29 is 19.1 Å². The predicted octanol–water partition coefficient (Wildman–Crippen LogP) is 2.68. The van der Waals surface area contributed by atoms with Crippen molar-refractivity contribution in [1.82, 2.24) is 0 Å². The molecule has 0 radical (unpaired) electrons. The molecule has 1 aromatic rings. The van der Waals surface area contributed by atoms with E-state index in [9.17, 15) is 9.59 Å². The fourth-order valence-corrected chi connectivity index (χ4v) is 2.75. The van der Waals surface area contributed by atoms with Crippen LogP contribution in [0.15, 0.2) is 24.3 Å². The van der Waals surface area contributed by atoms with Crippen molar-refractivity contribution in [2.45, 2.75) is 26.1 Å². The first-order chi connectivity index (χ1) is 9.27. The van der Waals surface area contributed by atoms with Crippen LogP contribution in [0.2, 0.25) is 0 Å². The molecular formula is C13H17IN2O4. The summed E-state index contributed by atoms with van der Waals surface area (Å²) in [4.78, 5) is 22.5. The summed E-state index contributed by atoms with van der Waals surface area (Å²) < 4.78 is 11.0. The molecule has 0 fully saturated rings. The number of hydrogen-bond donors (Lipinski definition) is 2. The number of amides is 2. The third-order valence-electron chi connectivity index (χ3n) is 2.49. The van der Waals surface area contributed by atoms with Crippen molar-refractivity contribution in [3.05, 3.63) is 33.4 Å². The molecule has 0 aliphatic rings. The van der Waals surface area contributed by atoms with E-state index in [1.807, 2.05) is 19.9 Å². The van der Waals surface area contributed by atoms with Gasteiger partial charge in [-0.3, -0.25) is 0 Å². The Morgan fingerprint density at radius 3 is 2.10 bits per heavy atom. The Kier molecular flexibility index (Phi) is 5.61. The number of primary amides is 2. The minimum Gasteiger partial charge on any atom is -0.402 e. The number of carbonyl (C=O) groups excluding carboxylic acids is 2. The number of nitrogens with two attached hydrogens (primary N) is 2. The molecule has 0 saturated heterocycles. The summed E-state index contributed by atoms with van der Waals surface area (Å²) in [7, 11) is 0. The Bertz CT molecular complexity index is 489. The van der Waals surface area contributed by atoms with Crippen LogP contribution in [0.4, 0.5) is 9.59 Å². The lowest BCUT2D eigenvalue weighted by Gasteiger charge is -2.33. The van der Waals surface area contributed by atoms with Crippen molar-refractivity contribution in [2.24, 2.45) is 17.4 Å². The SMILES string of the molecule is CC(C)CC(OC(N)=O)(OC(N)=O)c1ccccc1I. The highest BCUT2D eigenvalue weighted by molar-refractivity contribution is 14.1. The zero-order chi connectivity index (χ0) is 15.3. The summed E-state index contributed by atoms with van der Waals surface area (Å²) in [6.07, 6.45) is -1.82. The second-order valence-electron chi connectivity index (χ2n) is 4.67. The summed E-state index contributed by atoms with van der Waals surface area (Å²) in [6, 6.07) is 7.08. The van der Waals surface area contributed by atoms with Gasteiger partial charge in [0.15, 0.2) is 0 Å². The molecule has 4 N–H and O–H groups in total. The van der Waals surface area contributed by atoms with Gasteiger partial charge in [0, 0.05) is 15.6 Å². The van der Waals surface area contributed by atoms with Gasteiger partial charge in [0.25, 0.3) is 5.79 Å². The van der Waals surface area contributed by atoms with E-state index < -0.39 is 18.0 Å². The zero-order valence-electron chi connectivity index (χ0n) is 11.3. The first kappa shape index (κ1) is 16.5. The number of benzene rings is 1. The van der Waals surface area contributed by atoms with Crippen molar-refractivity contribution in [2.75, 3.05) is 0 Å². The molecule has 0 unspecified atom stereocenters. The Morgan fingerprint density at radius 1 is 1.20 bits per heavy atom. The van der Waals surface area contributed by atoms with Gasteiger partial charge in [-0.1, -0.05) is 32.0 Å². The monoisotopic (exact) mass is 392 g/mol. The van der Waals surface area contributed by atoms with E-state index in [2.05, 4.69) is 22.6 Å². The van der Waals surface area contributed by atoms with Crippen molar-refractivity contribution in [3.63, 3.8) is 0 Å². The molecule has 0 spiro atoms. The van der Waals surface area contributed by atoms with Crippen LogP contribution in [0, 0.1) is 9.49 Å². The van der Waals surface area contributed by atoms with Crippen LogP contribution in [0.5, 0.6) is 0 Å². The van der Waals surface area contributed by atoms with Gasteiger partial charge in [0.1, 0.15) is 0 Å². The van der Waals surface area contributed by atoms with E-state index in [0.29, 0.717) is 5.56 Å². The number of hydrogen-bond acceptors (Lipinski definition) is 4. The largest absolute Gasteiger partial charge is 0.408 e. The smallest absolute Gasteiger partial charge is 0.402 e. The Morgan fingerprint density at radius 2 is 1.70 bits per heavy atom. The highest BCUT2D eigenvalue weighted by Crippen LogP contribution is 2.36. The fraction of sp³-hybridized carbons (Fsp3) is 0.385. The minimum atomic E-state index is -1.61. The van der Waals surface area contributed by atoms with E-state index in [1.165, 1.54) is 0 Å². The number of carbonyl (C=O) groups is 2. The van der Waals surface area contributed by atoms with Gasteiger partial charge in [0.2, 0.25) is 0 Å². The van der Waals surface area contributed by atoms with Crippen LogP contribution in [0.25, 0.3) is 0 Å². The molecule has 1 aromatic carbocycles. The van der Waals surface area contributed by atoms with E-state index in [0.717, 1.165) is 3.57 Å². The van der Waals surface area contributed by atoms with Crippen LogP contribution in [-0.4, -0.2) is 12.2 Å². The number of rotatable bonds is 5. The maximum Gasteiger partial charge on any atom is 0.408 e. The molecule has 110 valence electrons. The standard InChI is InChI=1S/C13H17IN2O4/c1-8(2)7-13(19-11(15)17,20-12(16)18)9-5-3-4-6-10(9)14/h3-6,8H,7H2,1-2H3,(H2,15,17)(H2,16,18). The van der Waals surface area contributed by atoms with E-state index in [1.54, 1.807) is 18.2 Å². The summed E-state index contributed by atoms with van der Waals surface area (Å²) in [5.74, 6) is -1.53. The van der Waals surface area contributed by atoms with Crippen LogP contribution >= 0.6 is 22.6 Å².